The van der Waals surface area contributed by atoms with Crippen LogP contribution in [-0.4, -0.2) is 0 Å². The van der Waals surface area contributed by atoms with Gasteiger partial charge in [-0.3, -0.25) is 0 Å². The third-order valence-electron chi connectivity index (χ3n) is 2.90. The van der Waals surface area contributed by atoms with Crippen LogP contribution in [0.4, 0.5) is 0 Å². The van der Waals surface area contributed by atoms with Crippen molar-refractivity contribution in [2.24, 2.45) is 0 Å². The molecule has 0 saturated heterocycles. The van der Waals surface area contributed by atoms with Crippen LogP contribution in [0.2, 0.25) is 0 Å². The lowest BCUT2D eigenvalue weighted by Gasteiger charge is -2.03. The molecule has 0 bridgehead atoms. The van der Waals surface area contributed by atoms with Gasteiger partial charge in [-0.25, -0.2) is 0 Å². The maximum atomic E-state index is 2.23. The van der Waals surface area contributed by atoms with Crippen molar-refractivity contribution in [1.82, 2.24) is 0 Å². The molecule has 0 heterocycles. The Balaban J connectivity index is 2.64. The lowest BCUT2D eigenvalue weighted by molar-refractivity contribution is 1.16. The summed E-state index contributed by atoms with van der Waals surface area (Å²) in [5, 5.41) is 0. The van der Waals surface area contributed by atoms with E-state index in [4.69, 9.17) is 0 Å². The highest BCUT2D eigenvalue weighted by Gasteiger charge is 2.15. The zero-order valence-corrected chi connectivity index (χ0v) is 7.94. The van der Waals surface area contributed by atoms with Gasteiger partial charge in [0.15, 0.2) is 0 Å². The molecule has 0 atom stereocenters. The van der Waals surface area contributed by atoms with Crippen molar-refractivity contribution in [1.29, 1.82) is 0 Å². The van der Waals surface area contributed by atoms with E-state index >= 15 is 0 Å². The highest BCUT2D eigenvalue weighted by Crippen LogP contribution is 2.33. The van der Waals surface area contributed by atoms with Crippen LogP contribution in [0.1, 0.15) is 30.5 Å². The molecular formula is C12H14. The van der Waals surface area contributed by atoms with Crippen LogP contribution in [0.25, 0.3) is 5.57 Å². The number of aryl methyl sites for hydroxylation is 1. The summed E-state index contributed by atoms with van der Waals surface area (Å²) in [6, 6.07) is 6.58. The van der Waals surface area contributed by atoms with Crippen molar-refractivity contribution in [3.05, 3.63) is 40.5 Å². The van der Waals surface area contributed by atoms with Crippen molar-refractivity contribution in [3.8, 4) is 0 Å². The van der Waals surface area contributed by atoms with Crippen molar-refractivity contribution >= 4 is 5.57 Å². The largest absolute Gasteiger partial charge is 0.0654 e. The maximum Gasteiger partial charge on any atom is -0.00553 e. The van der Waals surface area contributed by atoms with Crippen LogP contribution in [0, 0.1) is 6.92 Å². The van der Waals surface area contributed by atoms with E-state index in [1.807, 2.05) is 0 Å². The molecule has 0 amide bonds. The van der Waals surface area contributed by atoms with Gasteiger partial charge < -0.3 is 0 Å². The number of allylic oxidation sites excluding steroid dienone is 2. The summed E-state index contributed by atoms with van der Waals surface area (Å²) in [6.45, 7) is 6.65. The fourth-order valence-corrected chi connectivity index (χ4v) is 1.92. The number of rotatable bonds is 0. The molecule has 1 aromatic rings. The first-order valence-corrected chi connectivity index (χ1v) is 4.45. The summed E-state index contributed by atoms with van der Waals surface area (Å²) < 4.78 is 0. The normalized spacial score (nSPS) is 15.2. The minimum atomic E-state index is 1.16. The number of hydrogen-bond acceptors (Lipinski definition) is 0. The standard InChI is InChI=1S/C12H14/c1-8-5-4-6-11-10(3)9(2)7-12(8)11/h4-6H,7H2,1-3H3. The van der Waals surface area contributed by atoms with Crippen molar-refractivity contribution in [2.45, 2.75) is 27.2 Å². The second-order valence-electron chi connectivity index (χ2n) is 3.68. The molecule has 0 fully saturated rings. The molecule has 0 heteroatoms. The van der Waals surface area contributed by atoms with E-state index in [9.17, 15) is 0 Å². The highest BCUT2D eigenvalue weighted by molar-refractivity contribution is 5.75. The van der Waals surface area contributed by atoms with Crippen molar-refractivity contribution < 1.29 is 0 Å². The maximum absolute atomic E-state index is 2.23. The average molecular weight is 158 g/mol. The second kappa shape index (κ2) is 2.48. The zero-order chi connectivity index (χ0) is 8.72. The minimum Gasteiger partial charge on any atom is -0.0654 e. The molecule has 0 radical (unpaired) electrons. The van der Waals surface area contributed by atoms with E-state index in [2.05, 4.69) is 39.0 Å². The van der Waals surface area contributed by atoms with Gasteiger partial charge in [-0.05, 0) is 49.5 Å². The van der Waals surface area contributed by atoms with Gasteiger partial charge in [0.2, 0.25) is 0 Å². The molecule has 0 N–H and O–H groups in total. The van der Waals surface area contributed by atoms with Crippen LogP contribution in [0.15, 0.2) is 23.8 Å². The van der Waals surface area contributed by atoms with Gasteiger partial charge in [0, 0.05) is 0 Å². The zero-order valence-electron chi connectivity index (χ0n) is 7.94. The molecule has 0 aromatic heterocycles. The quantitative estimate of drug-likeness (QED) is 0.543. The summed E-state index contributed by atoms with van der Waals surface area (Å²) in [7, 11) is 0. The lowest BCUT2D eigenvalue weighted by atomic mass is 10.0. The van der Waals surface area contributed by atoms with Crippen LogP contribution in [0.3, 0.4) is 0 Å². The minimum absolute atomic E-state index is 1.16. The molecule has 62 valence electrons. The first kappa shape index (κ1) is 7.60. The summed E-state index contributed by atoms with van der Waals surface area (Å²) in [5.41, 5.74) is 7.44. The third kappa shape index (κ3) is 0.911. The Bertz CT molecular complexity index is 356. The molecule has 0 saturated carbocycles. The van der Waals surface area contributed by atoms with E-state index in [0.717, 1.165) is 6.42 Å². The van der Waals surface area contributed by atoms with E-state index in [1.54, 1.807) is 0 Å². The monoisotopic (exact) mass is 158 g/mol. The molecule has 1 aromatic carbocycles. The average Bonchev–Trinajstić information content (AvgIpc) is 2.32. The lowest BCUT2D eigenvalue weighted by Crippen LogP contribution is -1.87. The molecular weight excluding hydrogens is 144 g/mol. The SMILES string of the molecule is CC1=C(C)c2cccc(C)c2C1. The van der Waals surface area contributed by atoms with E-state index in [1.165, 1.54) is 27.8 Å². The van der Waals surface area contributed by atoms with Gasteiger partial charge in [-0.2, -0.15) is 0 Å². The van der Waals surface area contributed by atoms with Gasteiger partial charge in [0.1, 0.15) is 0 Å². The second-order valence-corrected chi connectivity index (χ2v) is 3.68. The Kier molecular flexibility index (Phi) is 1.57. The molecule has 0 aliphatic heterocycles. The van der Waals surface area contributed by atoms with Crippen molar-refractivity contribution in [3.63, 3.8) is 0 Å². The summed E-state index contributed by atoms with van der Waals surface area (Å²) in [6.07, 6.45) is 1.16. The highest BCUT2D eigenvalue weighted by atomic mass is 14.2. The molecule has 1 aliphatic rings. The van der Waals surface area contributed by atoms with E-state index < -0.39 is 0 Å². The van der Waals surface area contributed by atoms with Gasteiger partial charge in [-0.1, -0.05) is 23.8 Å². The summed E-state index contributed by atoms with van der Waals surface area (Å²) >= 11 is 0. The number of fused-ring (bicyclic) bond motifs is 1. The fraction of sp³-hybridized carbons (Fsp3) is 0.333. The Hall–Kier alpha value is -1.04. The first-order valence-electron chi connectivity index (χ1n) is 4.45. The molecule has 12 heavy (non-hydrogen) atoms. The topological polar surface area (TPSA) is 0 Å². The van der Waals surface area contributed by atoms with Gasteiger partial charge in [-0.15, -0.1) is 0 Å². The Morgan fingerprint density at radius 3 is 2.50 bits per heavy atom. The van der Waals surface area contributed by atoms with E-state index in [0.29, 0.717) is 0 Å². The van der Waals surface area contributed by atoms with Gasteiger partial charge >= 0.3 is 0 Å². The molecule has 1 aliphatic carbocycles. The van der Waals surface area contributed by atoms with Crippen LogP contribution in [0.5, 0.6) is 0 Å². The number of benzene rings is 1. The van der Waals surface area contributed by atoms with Gasteiger partial charge in [0.25, 0.3) is 0 Å². The van der Waals surface area contributed by atoms with Gasteiger partial charge in [0.05, 0.1) is 0 Å². The predicted octanol–water partition coefficient (Wildman–Crippen LogP) is 3.34. The Labute approximate surface area is 73.9 Å². The first-order chi connectivity index (χ1) is 5.70. The Morgan fingerprint density at radius 2 is 1.83 bits per heavy atom. The number of hydrogen-bond donors (Lipinski definition) is 0. The van der Waals surface area contributed by atoms with Crippen LogP contribution >= 0.6 is 0 Å². The van der Waals surface area contributed by atoms with Crippen molar-refractivity contribution in [2.75, 3.05) is 0 Å². The smallest absolute Gasteiger partial charge is 0.00553 e. The van der Waals surface area contributed by atoms with Crippen LogP contribution < -0.4 is 0 Å². The van der Waals surface area contributed by atoms with E-state index in [-0.39, 0.29) is 0 Å². The summed E-state index contributed by atoms with van der Waals surface area (Å²) in [4.78, 5) is 0. The predicted molar refractivity (Wildman–Crippen MR) is 53.2 cm³/mol. The summed E-state index contributed by atoms with van der Waals surface area (Å²) in [5.74, 6) is 0. The fourth-order valence-electron chi connectivity index (χ4n) is 1.92. The molecule has 0 nitrogen and oxygen atoms in total. The molecule has 0 unspecified atom stereocenters. The molecule has 2 rings (SSSR count). The molecule has 0 spiro atoms. The third-order valence-corrected chi connectivity index (χ3v) is 2.90. The Morgan fingerprint density at radius 1 is 1.08 bits per heavy atom. The van der Waals surface area contributed by atoms with Crippen LogP contribution in [-0.2, 0) is 6.42 Å².